The van der Waals surface area contributed by atoms with E-state index in [0.717, 1.165) is 0 Å². The number of aliphatic carboxylic acids is 1. The summed E-state index contributed by atoms with van der Waals surface area (Å²) < 4.78 is 6.89. The molecular weight excluding hydrogens is 322 g/mol. The maximum absolute atomic E-state index is 10.6. The van der Waals surface area contributed by atoms with Crippen LogP contribution in [0.25, 0.3) is 11.2 Å². The van der Waals surface area contributed by atoms with Crippen molar-refractivity contribution in [2.24, 2.45) is 0 Å². The number of carbonyl (C=O) groups is 1. The zero-order valence-corrected chi connectivity index (χ0v) is 12.5. The van der Waals surface area contributed by atoms with E-state index in [-0.39, 0.29) is 13.0 Å². The van der Waals surface area contributed by atoms with Gasteiger partial charge in [-0.3, -0.25) is 9.36 Å². The lowest BCUT2D eigenvalue weighted by Crippen LogP contribution is -2.33. The van der Waals surface area contributed by atoms with E-state index in [2.05, 4.69) is 20.3 Å². The van der Waals surface area contributed by atoms with Crippen LogP contribution in [0.3, 0.4) is 0 Å². The largest absolute Gasteiger partial charge is 0.481 e. The van der Waals surface area contributed by atoms with E-state index in [0.29, 0.717) is 17.0 Å². The van der Waals surface area contributed by atoms with Gasteiger partial charge in [-0.05, 0) is 0 Å². The SMILES string of the molecule is O=C(O)CCNc1ncnc2c1ncn2[C@H]1O[C@@H](CO)[C@@H](O)[C@@H]1O. The molecule has 11 nitrogen and oxygen atoms in total. The molecule has 0 radical (unpaired) electrons. The van der Waals surface area contributed by atoms with Crippen LogP contribution in [-0.4, -0.2) is 77.4 Å². The molecule has 2 aromatic rings. The first-order valence-corrected chi connectivity index (χ1v) is 7.28. The number of nitrogens with zero attached hydrogens (tertiary/aromatic N) is 4. The van der Waals surface area contributed by atoms with Gasteiger partial charge in [-0.2, -0.15) is 0 Å². The number of aliphatic hydroxyl groups is 3. The number of imidazole rings is 1. The topological polar surface area (TPSA) is 163 Å². The predicted molar refractivity (Wildman–Crippen MR) is 79.1 cm³/mol. The second kappa shape index (κ2) is 6.65. The molecule has 0 spiro atoms. The van der Waals surface area contributed by atoms with Crippen molar-refractivity contribution in [1.29, 1.82) is 0 Å². The molecule has 0 aromatic carbocycles. The van der Waals surface area contributed by atoms with Gasteiger partial charge in [0.15, 0.2) is 23.2 Å². The van der Waals surface area contributed by atoms with Crippen molar-refractivity contribution in [2.45, 2.75) is 31.0 Å². The van der Waals surface area contributed by atoms with E-state index in [4.69, 9.17) is 14.9 Å². The number of fused-ring (bicyclic) bond motifs is 1. The third-order valence-corrected chi connectivity index (χ3v) is 3.78. The van der Waals surface area contributed by atoms with E-state index in [9.17, 15) is 15.0 Å². The summed E-state index contributed by atoms with van der Waals surface area (Å²) in [5.41, 5.74) is 0.721. The quantitative estimate of drug-likeness (QED) is 0.411. The van der Waals surface area contributed by atoms with Gasteiger partial charge in [-0.25, -0.2) is 15.0 Å². The second-order valence-electron chi connectivity index (χ2n) is 5.35. The number of carboxylic acid groups (broad SMARTS) is 1. The molecule has 1 fully saturated rings. The molecule has 0 bridgehead atoms. The van der Waals surface area contributed by atoms with Crippen molar-refractivity contribution in [3.05, 3.63) is 12.7 Å². The second-order valence-corrected chi connectivity index (χ2v) is 5.35. The molecular formula is C13H17N5O6. The van der Waals surface area contributed by atoms with Crippen LogP contribution in [0, 0.1) is 0 Å². The van der Waals surface area contributed by atoms with Crippen LogP contribution in [0.4, 0.5) is 5.82 Å². The fourth-order valence-electron chi connectivity index (χ4n) is 2.57. The van der Waals surface area contributed by atoms with Crippen LogP contribution in [0.15, 0.2) is 12.7 Å². The molecule has 11 heteroatoms. The molecule has 0 aliphatic carbocycles. The molecule has 0 saturated carbocycles. The molecule has 5 N–H and O–H groups in total. The summed E-state index contributed by atoms with van der Waals surface area (Å²) >= 11 is 0. The van der Waals surface area contributed by atoms with Gasteiger partial charge in [0.25, 0.3) is 0 Å². The first kappa shape index (κ1) is 16.5. The number of carboxylic acids is 1. The Kier molecular flexibility index (Phi) is 4.57. The minimum atomic E-state index is -1.25. The number of hydrogen-bond acceptors (Lipinski definition) is 9. The van der Waals surface area contributed by atoms with Gasteiger partial charge in [0.2, 0.25) is 0 Å². The minimum absolute atomic E-state index is 0.0823. The summed E-state index contributed by atoms with van der Waals surface area (Å²) in [5.74, 6) is -0.586. The van der Waals surface area contributed by atoms with E-state index < -0.39 is 37.1 Å². The normalized spacial score (nSPS) is 26.8. The third-order valence-electron chi connectivity index (χ3n) is 3.78. The predicted octanol–water partition coefficient (Wildman–Crippen LogP) is -1.68. The van der Waals surface area contributed by atoms with Crippen molar-refractivity contribution in [3.8, 4) is 0 Å². The molecule has 1 saturated heterocycles. The van der Waals surface area contributed by atoms with Crippen LogP contribution < -0.4 is 5.32 Å². The number of ether oxygens (including phenoxy) is 1. The Morgan fingerprint density at radius 3 is 2.75 bits per heavy atom. The van der Waals surface area contributed by atoms with E-state index in [1.165, 1.54) is 17.2 Å². The van der Waals surface area contributed by atoms with Gasteiger partial charge in [-0.15, -0.1) is 0 Å². The number of aromatic nitrogens is 4. The molecule has 0 amide bonds. The Morgan fingerprint density at radius 2 is 2.08 bits per heavy atom. The van der Waals surface area contributed by atoms with E-state index >= 15 is 0 Å². The van der Waals surface area contributed by atoms with E-state index in [1.807, 2.05) is 0 Å². The highest BCUT2D eigenvalue weighted by Crippen LogP contribution is 2.31. The molecule has 1 aliphatic rings. The molecule has 1 aliphatic heterocycles. The number of hydrogen-bond donors (Lipinski definition) is 5. The summed E-state index contributed by atoms with van der Waals surface area (Å²) in [6.45, 7) is -0.263. The fourth-order valence-corrected chi connectivity index (χ4v) is 2.57. The number of nitrogens with one attached hydrogen (secondary N) is 1. The van der Waals surface area contributed by atoms with Gasteiger partial charge >= 0.3 is 5.97 Å². The number of anilines is 1. The average Bonchev–Trinajstić information content (AvgIpc) is 3.10. The molecule has 2 aromatic heterocycles. The molecule has 0 unspecified atom stereocenters. The minimum Gasteiger partial charge on any atom is -0.481 e. The van der Waals surface area contributed by atoms with Gasteiger partial charge in [0.05, 0.1) is 19.4 Å². The van der Waals surface area contributed by atoms with Crippen LogP contribution in [0.1, 0.15) is 12.6 Å². The van der Waals surface area contributed by atoms with Gasteiger partial charge in [0, 0.05) is 6.54 Å². The Labute approximate surface area is 135 Å². The zero-order valence-electron chi connectivity index (χ0n) is 12.5. The number of aliphatic hydroxyl groups excluding tert-OH is 3. The summed E-state index contributed by atoms with van der Waals surface area (Å²) in [7, 11) is 0. The van der Waals surface area contributed by atoms with Crippen molar-refractivity contribution >= 4 is 23.0 Å². The lowest BCUT2D eigenvalue weighted by atomic mass is 10.1. The summed E-state index contributed by atoms with van der Waals surface area (Å²) in [6, 6.07) is 0. The maximum Gasteiger partial charge on any atom is 0.305 e. The summed E-state index contributed by atoms with van der Waals surface area (Å²) in [5, 5.41) is 40.7. The van der Waals surface area contributed by atoms with Crippen molar-refractivity contribution in [1.82, 2.24) is 19.5 Å². The van der Waals surface area contributed by atoms with Crippen LogP contribution >= 0.6 is 0 Å². The Balaban J connectivity index is 1.87. The van der Waals surface area contributed by atoms with E-state index in [1.54, 1.807) is 0 Å². The lowest BCUT2D eigenvalue weighted by Gasteiger charge is -2.16. The zero-order chi connectivity index (χ0) is 17.3. The standard InChI is InChI=1S/C13H17N5O6/c19-3-6-9(22)10(23)13(24-6)18-5-17-8-11(14-2-1-7(20)21)15-4-16-12(8)18/h4-6,9-10,13,19,22-23H,1-3H2,(H,20,21)(H,14,15,16)/t6-,9+,10-,13-/m0/s1. The summed E-state index contributed by atoms with van der Waals surface area (Å²) in [4.78, 5) is 22.9. The Hall–Kier alpha value is -2.34. The molecule has 4 atom stereocenters. The third kappa shape index (κ3) is 2.89. The maximum atomic E-state index is 10.6. The smallest absolute Gasteiger partial charge is 0.305 e. The average molecular weight is 339 g/mol. The van der Waals surface area contributed by atoms with Gasteiger partial charge in [0.1, 0.15) is 24.6 Å². The molecule has 130 valence electrons. The van der Waals surface area contributed by atoms with Crippen molar-refractivity contribution < 1.29 is 30.0 Å². The highest BCUT2D eigenvalue weighted by molar-refractivity contribution is 5.82. The monoisotopic (exact) mass is 339 g/mol. The van der Waals surface area contributed by atoms with Crippen molar-refractivity contribution in [3.63, 3.8) is 0 Å². The highest BCUT2D eigenvalue weighted by Gasteiger charge is 2.44. The van der Waals surface area contributed by atoms with Gasteiger partial charge < -0.3 is 30.5 Å². The fraction of sp³-hybridized carbons (Fsp3) is 0.538. The first-order valence-electron chi connectivity index (χ1n) is 7.28. The van der Waals surface area contributed by atoms with Crippen molar-refractivity contribution in [2.75, 3.05) is 18.5 Å². The lowest BCUT2D eigenvalue weighted by molar-refractivity contribution is -0.136. The van der Waals surface area contributed by atoms with Crippen LogP contribution in [0.5, 0.6) is 0 Å². The Bertz CT molecular complexity index is 737. The molecule has 3 heterocycles. The highest BCUT2D eigenvalue weighted by atomic mass is 16.6. The van der Waals surface area contributed by atoms with Gasteiger partial charge in [-0.1, -0.05) is 0 Å². The number of rotatable bonds is 6. The Morgan fingerprint density at radius 1 is 1.29 bits per heavy atom. The first-order chi connectivity index (χ1) is 11.5. The molecule has 3 rings (SSSR count). The van der Waals surface area contributed by atoms with Crippen LogP contribution in [-0.2, 0) is 9.53 Å². The molecule has 24 heavy (non-hydrogen) atoms. The van der Waals surface area contributed by atoms with Crippen LogP contribution in [0.2, 0.25) is 0 Å². The summed E-state index contributed by atoms with van der Waals surface area (Å²) in [6.07, 6.45) is -1.78.